The number of aromatic hydroxyl groups is 1. The Labute approximate surface area is 164 Å². The van der Waals surface area contributed by atoms with E-state index in [2.05, 4.69) is 30.7 Å². The standard InChI is InChI=1S/C18H10F3N7O2/c19-18(20,21)11-3-1-2-9-13(17(29)24-14(9)11)16-15(25-30)10-6-8(4-5-12(10)23-16)28-7-22-26-27-28/h1-7,23-24,29H. The molecule has 0 amide bonds. The predicted molar refractivity (Wildman–Crippen MR) is 100 cm³/mol. The van der Waals surface area contributed by atoms with E-state index < -0.39 is 17.6 Å². The molecule has 5 rings (SSSR count). The smallest absolute Gasteiger partial charge is 0.418 e. The van der Waals surface area contributed by atoms with Crippen LogP contribution in [-0.4, -0.2) is 35.3 Å². The molecule has 0 aliphatic rings. The summed E-state index contributed by atoms with van der Waals surface area (Å²) in [6, 6.07) is 8.50. The summed E-state index contributed by atoms with van der Waals surface area (Å²) >= 11 is 0. The van der Waals surface area contributed by atoms with Crippen molar-refractivity contribution in [2.75, 3.05) is 0 Å². The molecule has 30 heavy (non-hydrogen) atoms. The van der Waals surface area contributed by atoms with Crippen molar-refractivity contribution in [2.24, 2.45) is 5.18 Å². The minimum atomic E-state index is -4.62. The molecule has 0 saturated carbocycles. The number of benzene rings is 2. The fourth-order valence-corrected chi connectivity index (χ4v) is 3.56. The molecule has 9 nitrogen and oxygen atoms in total. The van der Waals surface area contributed by atoms with Crippen LogP contribution in [0.4, 0.5) is 18.9 Å². The third kappa shape index (κ3) is 2.53. The molecular weight excluding hydrogens is 403 g/mol. The molecule has 0 aliphatic heterocycles. The summed E-state index contributed by atoms with van der Waals surface area (Å²) < 4.78 is 41.4. The SMILES string of the molecule is O=Nc1c(-c2c(O)[nH]c3c(C(F)(F)F)cccc23)[nH]c2ccc(-n3cnnn3)cc12. The maximum absolute atomic E-state index is 13.4. The third-order valence-electron chi connectivity index (χ3n) is 4.83. The normalized spacial score (nSPS) is 12.1. The molecule has 0 bridgehead atoms. The quantitative estimate of drug-likeness (QED) is 0.378. The van der Waals surface area contributed by atoms with Crippen LogP contribution in [0.15, 0.2) is 47.9 Å². The van der Waals surface area contributed by atoms with Crippen LogP contribution in [0, 0.1) is 4.91 Å². The highest BCUT2D eigenvalue weighted by atomic mass is 19.4. The molecule has 3 aromatic heterocycles. The van der Waals surface area contributed by atoms with Gasteiger partial charge in [0.15, 0.2) is 5.88 Å². The summed E-state index contributed by atoms with van der Waals surface area (Å²) in [5, 5.41) is 24.9. The van der Waals surface area contributed by atoms with Gasteiger partial charge in [0.05, 0.1) is 28.0 Å². The number of nitrogens with zero attached hydrogens (tertiary/aromatic N) is 5. The van der Waals surface area contributed by atoms with Crippen molar-refractivity contribution in [3.05, 3.63) is 53.2 Å². The second-order valence-electron chi connectivity index (χ2n) is 6.50. The second kappa shape index (κ2) is 6.14. The minimum Gasteiger partial charge on any atom is -0.494 e. The molecule has 0 atom stereocenters. The molecule has 0 radical (unpaired) electrons. The Kier molecular flexibility index (Phi) is 3.65. The number of para-hydroxylation sites is 1. The second-order valence-corrected chi connectivity index (χ2v) is 6.50. The molecule has 3 heterocycles. The van der Waals surface area contributed by atoms with E-state index in [1.165, 1.54) is 23.1 Å². The van der Waals surface area contributed by atoms with Crippen LogP contribution in [0.5, 0.6) is 5.88 Å². The first kappa shape index (κ1) is 17.8. The Bertz CT molecular complexity index is 1420. The first-order chi connectivity index (χ1) is 14.4. The van der Waals surface area contributed by atoms with Gasteiger partial charge in [-0.2, -0.15) is 13.2 Å². The van der Waals surface area contributed by atoms with Gasteiger partial charge < -0.3 is 15.1 Å². The summed E-state index contributed by atoms with van der Waals surface area (Å²) in [6.07, 6.45) is -3.26. The fraction of sp³-hybridized carbons (Fsp3) is 0.0556. The number of rotatable bonds is 3. The zero-order valence-electron chi connectivity index (χ0n) is 14.8. The van der Waals surface area contributed by atoms with Crippen molar-refractivity contribution in [3.8, 4) is 22.8 Å². The molecule has 0 fully saturated rings. The molecular formula is C18H10F3N7O2. The van der Waals surface area contributed by atoms with Gasteiger partial charge in [0.2, 0.25) is 0 Å². The highest BCUT2D eigenvalue weighted by Crippen LogP contribution is 2.46. The molecule has 12 heteroatoms. The van der Waals surface area contributed by atoms with Crippen LogP contribution < -0.4 is 0 Å². The van der Waals surface area contributed by atoms with E-state index in [0.717, 1.165) is 6.07 Å². The average Bonchev–Trinajstić information content (AvgIpc) is 3.42. The number of hydrogen-bond acceptors (Lipinski definition) is 6. The molecule has 2 aromatic carbocycles. The number of tetrazole rings is 1. The monoisotopic (exact) mass is 413 g/mol. The van der Waals surface area contributed by atoms with E-state index >= 15 is 0 Å². The number of halogens is 3. The van der Waals surface area contributed by atoms with Gasteiger partial charge in [0.25, 0.3) is 0 Å². The Balaban J connectivity index is 1.79. The number of hydrogen-bond donors (Lipinski definition) is 3. The van der Waals surface area contributed by atoms with Gasteiger partial charge in [0, 0.05) is 16.3 Å². The van der Waals surface area contributed by atoms with E-state index in [4.69, 9.17) is 0 Å². The molecule has 0 saturated heterocycles. The van der Waals surface area contributed by atoms with Crippen molar-refractivity contribution >= 4 is 27.5 Å². The van der Waals surface area contributed by atoms with Crippen LogP contribution in [0.3, 0.4) is 0 Å². The topological polar surface area (TPSA) is 125 Å². The van der Waals surface area contributed by atoms with Crippen LogP contribution in [-0.2, 0) is 6.18 Å². The molecule has 150 valence electrons. The van der Waals surface area contributed by atoms with Gasteiger partial charge in [-0.05, 0) is 39.9 Å². The van der Waals surface area contributed by atoms with Crippen LogP contribution >= 0.6 is 0 Å². The number of aromatic nitrogens is 6. The van der Waals surface area contributed by atoms with Gasteiger partial charge in [-0.15, -0.1) is 10.0 Å². The predicted octanol–water partition coefficient (Wildman–Crippen LogP) is 4.41. The number of fused-ring (bicyclic) bond motifs is 2. The van der Waals surface area contributed by atoms with Gasteiger partial charge >= 0.3 is 6.18 Å². The minimum absolute atomic E-state index is 0.0193. The summed E-state index contributed by atoms with van der Waals surface area (Å²) in [7, 11) is 0. The fourth-order valence-electron chi connectivity index (χ4n) is 3.56. The summed E-state index contributed by atoms with van der Waals surface area (Å²) in [5.74, 6) is -0.515. The number of nitroso groups, excluding NO2 is 1. The summed E-state index contributed by atoms with van der Waals surface area (Å²) in [6.45, 7) is 0. The van der Waals surface area contributed by atoms with Gasteiger partial charge in [-0.3, -0.25) is 0 Å². The number of alkyl halides is 3. The first-order valence-electron chi connectivity index (χ1n) is 8.52. The largest absolute Gasteiger partial charge is 0.494 e. The zero-order chi connectivity index (χ0) is 21.0. The zero-order valence-corrected chi connectivity index (χ0v) is 14.8. The highest BCUT2D eigenvalue weighted by molar-refractivity contribution is 6.08. The molecule has 0 unspecified atom stereocenters. The van der Waals surface area contributed by atoms with Crippen molar-refractivity contribution in [2.45, 2.75) is 6.18 Å². The van der Waals surface area contributed by atoms with Crippen molar-refractivity contribution in [1.29, 1.82) is 0 Å². The van der Waals surface area contributed by atoms with Gasteiger partial charge in [0.1, 0.15) is 12.0 Å². The average molecular weight is 413 g/mol. The lowest BCUT2D eigenvalue weighted by molar-refractivity contribution is -0.136. The summed E-state index contributed by atoms with van der Waals surface area (Å²) in [5.41, 5.74) is -0.124. The Morgan fingerprint density at radius 3 is 2.63 bits per heavy atom. The van der Waals surface area contributed by atoms with E-state index in [1.807, 2.05) is 0 Å². The highest BCUT2D eigenvalue weighted by Gasteiger charge is 2.34. The van der Waals surface area contributed by atoms with Gasteiger partial charge in [-0.1, -0.05) is 12.1 Å². The molecule has 0 spiro atoms. The summed E-state index contributed by atoms with van der Waals surface area (Å²) in [4.78, 5) is 17.0. The Hall–Kier alpha value is -4.22. The lowest BCUT2D eigenvalue weighted by Gasteiger charge is -2.07. The van der Waals surface area contributed by atoms with E-state index in [1.54, 1.807) is 18.2 Å². The van der Waals surface area contributed by atoms with Crippen LogP contribution in [0.2, 0.25) is 0 Å². The number of H-pyrrole nitrogens is 2. The molecule has 0 aliphatic carbocycles. The van der Waals surface area contributed by atoms with Crippen molar-refractivity contribution < 1.29 is 18.3 Å². The Morgan fingerprint density at radius 1 is 1.10 bits per heavy atom. The number of aromatic amines is 2. The van der Waals surface area contributed by atoms with Crippen LogP contribution in [0.25, 0.3) is 38.8 Å². The van der Waals surface area contributed by atoms with E-state index in [0.29, 0.717) is 16.6 Å². The van der Waals surface area contributed by atoms with Crippen molar-refractivity contribution in [1.82, 2.24) is 30.2 Å². The maximum atomic E-state index is 13.4. The van der Waals surface area contributed by atoms with Gasteiger partial charge in [-0.25, -0.2) is 4.68 Å². The molecule has 3 N–H and O–H groups in total. The first-order valence-corrected chi connectivity index (χ1v) is 8.52. The van der Waals surface area contributed by atoms with E-state index in [9.17, 15) is 23.2 Å². The van der Waals surface area contributed by atoms with Crippen molar-refractivity contribution in [3.63, 3.8) is 0 Å². The lowest BCUT2D eigenvalue weighted by Crippen LogP contribution is -2.05. The molecule has 5 aromatic rings. The number of nitrogens with one attached hydrogen (secondary N) is 2. The third-order valence-corrected chi connectivity index (χ3v) is 4.83. The Morgan fingerprint density at radius 2 is 1.93 bits per heavy atom. The lowest BCUT2D eigenvalue weighted by atomic mass is 10.1. The van der Waals surface area contributed by atoms with E-state index in [-0.39, 0.29) is 27.8 Å². The maximum Gasteiger partial charge on any atom is 0.418 e. The van der Waals surface area contributed by atoms with Crippen LogP contribution in [0.1, 0.15) is 5.56 Å².